The monoisotopic (exact) mass is 594 g/mol. The summed E-state index contributed by atoms with van der Waals surface area (Å²) < 4.78 is 51.0. The number of methoxy groups -OCH3 is 1. The van der Waals surface area contributed by atoms with Crippen LogP contribution in [0.1, 0.15) is 53.4 Å². The first-order valence-electron chi connectivity index (χ1n) is 14.8. The van der Waals surface area contributed by atoms with E-state index in [1.54, 1.807) is 34.0 Å². The zero-order valence-corrected chi connectivity index (χ0v) is 25.1. The highest BCUT2D eigenvalue weighted by molar-refractivity contribution is 6.01. The number of aliphatic hydroxyl groups excluding tert-OH is 1. The SMILES string of the molecule is COCCOCCOCC(=O)OCC(=O)[C@@]12OC(C)(C)O[C@@H]1C[C@H]1[C@@H]3CCC4=CC(=O)C=C[C@]4(C)[C@@]3(F)[C@@H](O)C[C@@]12C. The zero-order valence-electron chi connectivity index (χ0n) is 25.1. The minimum absolute atomic E-state index is 0.0584. The van der Waals surface area contributed by atoms with Gasteiger partial charge in [0.25, 0.3) is 0 Å². The quantitative estimate of drug-likeness (QED) is 0.282. The molecule has 4 fully saturated rings. The van der Waals surface area contributed by atoms with Crippen LogP contribution in [0.3, 0.4) is 0 Å². The number of carbonyl (C=O) groups excluding carboxylic acids is 3. The van der Waals surface area contributed by atoms with Crippen molar-refractivity contribution in [1.29, 1.82) is 0 Å². The van der Waals surface area contributed by atoms with Gasteiger partial charge in [0.2, 0.25) is 5.78 Å². The molecule has 0 aromatic carbocycles. The number of carbonyl (C=O) groups is 3. The van der Waals surface area contributed by atoms with Crippen LogP contribution >= 0.6 is 0 Å². The molecule has 0 spiro atoms. The largest absolute Gasteiger partial charge is 0.456 e. The first-order valence-corrected chi connectivity index (χ1v) is 14.8. The second-order valence-electron chi connectivity index (χ2n) is 13.1. The van der Waals surface area contributed by atoms with Gasteiger partial charge in [-0.05, 0) is 64.5 Å². The Bertz CT molecular complexity index is 1170. The van der Waals surface area contributed by atoms with E-state index in [1.165, 1.54) is 12.2 Å². The van der Waals surface area contributed by atoms with E-state index >= 15 is 4.39 Å². The fraction of sp³-hybridized carbons (Fsp3) is 0.774. The first-order chi connectivity index (χ1) is 19.7. The molecular weight excluding hydrogens is 551 g/mol. The third-order valence-electron chi connectivity index (χ3n) is 10.4. The van der Waals surface area contributed by atoms with E-state index in [0.717, 1.165) is 0 Å². The second-order valence-corrected chi connectivity index (χ2v) is 13.1. The number of rotatable bonds is 11. The highest BCUT2D eigenvalue weighted by atomic mass is 19.1. The lowest BCUT2D eigenvalue weighted by atomic mass is 9.44. The zero-order chi connectivity index (χ0) is 30.6. The lowest BCUT2D eigenvalue weighted by Gasteiger charge is -2.62. The van der Waals surface area contributed by atoms with Gasteiger partial charge in [-0.15, -0.1) is 0 Å². The number of allylic oxidation sites excluding steroid dienone is 4. The van der Waals surface area contributed by atoms with Crippen molar-refractivity contribution in [2.24, 2.45) is 22.7 Å². The van der Waals surface area contributed by atoms with Crippen LogP contribution in [0.5, 0.6) is 0 Å². The molecule has 0 amide bonds. The van der Waals surface area contributed by atoms with Gasteiger partial charge in [0.05, 0.1) is 38.6 Å². The fourth-order valence-corrected chi connectivity index (χ4v) is 8.62. The maximum absolute atomic E-state index is 17.5. The third-order valence-corrected chi connectivity index (χ3v) is 10.4. The van der Waals surface area contributed by atoms with Gasteiger partial charge in [-0.3, -0.25) is 9.59 Å². The number of ketones is 2. The summed E-state index contributed by atoms with van der Waals surface area (Å²) in [6.07, 6.45) is 3.54. The van der Waals surface area contributed by atoms with Gasteiger partial charge in [0.15, 0.2) is 29.4 Å². The van der Waals surface area contributed by atoms with Crippen molar-refractivity contribution in [1.82, 2.24) is 0 Å². The summed E-state index contributed by atoms with van der Waals surface area (Å²) in [5, 5.41) is 11.7. The molecule has 8 atom stereocenters. The van der Waals surface area contributed by atoms with E-state index in [2.05, 4.69) is 0 Å². The molecule has 3 saturated carbocycles. The molecular formula is C31H43FO10. The first kappa shape index (κ1) is 31.4. The average Bonchev–Trinajstić information content (AvgIpc) is 3.33. The van der Waals surface area contributed by atoms with Crippen molar-refractivity contribution in [2.75, 3.05) is 46.8 Å². The number of ether oxygens (including phenoxy) is 6. The van der Waals surface area contributed by atoms with Gasteiger partial charge in [-0.1, -0.05) is 18.6 Å². The van der Waals surface area contributed by atoms with Crippen molar-refractivity contribution < 1.29 is 52.3 Å². The molecule has 0 bridgehead atoms. The Kier molecular flexibility index (Phi) is 8.35. The van der Waals surface area contributed by atoms with Crippen LogP contribution in [0.4, 0.5) is 4.39 Å². The van der Waals surface area contributed by atoms with Crippen LogP contribution in [0.25, 0.3) is 0 Å². The summed E-state index contributed by atoms with van der Waals surface area (Å²) in [4.78, 5) is 38.6. The molecule has 0 aromatic heterocycles. The number of alkyl halides is 1. The summed E-state index contributed by atoms with van der Waals surface area (Å²) >= 11 is 0. The van der Waals surface area contributed by atoms with Crippen molar-refractivity contribution in [3.05, 3.63) is 23.8 Å². The van der Waals surface area contributed by atoms with Crippen LogP contribution in [0.2, 0.25) is 0 Å². The Morgan fingerprint density at radius 3 is 2.52 bits per heavy atom. The normalized spacial score (nSPS) is 41.4. The standard InChI is InChI=1S/C31H43FO10/c1-27(2)41-25-15-22-21-7-6-19-14-20(33)8-9-28(19,3)30(21,32)23(34)16-29(22,4)31(25,42-27)24(35)17-40-26(36)18-39-13-12-38-11-10-37-5/h8-9,14,21-23,25,34H,6-7,10-13,15-18H2,1-5H3/t21-,22-,23-,25+,28-,29-,30-,31+/m0/s1. The smallest absolute Gasteiger partial charge is 0.332 e. The average molecular weight is 595 g/mol. The van der Waals surface area contributed by atoms with E-state index < -0.39 is 64.4 Å². The molecule has 5 aliphatic rings. The van der Waals surface area contributed by atoms with Gasteiger partial charge in [0.1, 0.15) is 6.61 Å². The summed E-state index contributed by atoms with van der Waals surface area (Å²) in [5.74, 6) is -3.46. The Morgan fingerprint density at radius 1 is 1.07 bits per heavy atom. The van der Waals surface area contributed by atoms with Crippen molar-refractivity contribution >= 4 is 17.5 Å². The number of hydrogen-bond acceptors (Lipinski definition) is 10. The molecule has 0 radical (unpaired) electrons. The van der Waals surface area contributed by atoms with Gasteiger partial charge in [0, 0.05) is 23.9 Å². The summed E-state index contributed by atoms with van der Waals surface area (Å²) in [6.45, 7) is 7.45. The maximum atomic E-state index is 17.5. The Morgan fingerprint density at radius 2 is 1.79 bits per heavy atom. The number of hydrogen-bond donors (Lipinski definition) is 1. The van der Waals surface area contributed by atoms with Crippen molar-refractivity contribution in [3.8, 4) is 0 Å². The molecule has 1 N–H and O–H groups in total. The molecule has 234 valence electrons. The molecule has 1 heterocycles. The topological polar surface area (TPSA) is 127 Å². The van der Waals surface area contributed by atoms with E-state index in [1.807, 2.05) is 6.92 Å². The number of Topliss-reactive ketones (excluding diaryl/α,β-unsaturated/α-hetero) is 1. The molecule has 11 heteroatoms. The van der Waals surface area contributed by atoms with Gasteiger partial charge in [-0.2, -0.15) is 0 Å². The summed E-state index contributed by atoms with van der Waals surface area (Å²) in [5.41, 5.74) is -5.06. The third kappa shape index (κ3) is 4.71. The van der Waals surface area contributed by atoms with Gasteiger partial charge >= 0.3 is 5.97 Å². The Labute approximate surface area is 245 Å². The molecule has 1 saturated heterocycles. The van der Waals surface area contributed by atoms with Gasteiger partial charge < -0.3 is 33.5 Å². The van der Waals surface area contributed by atoms with E-state index in [9.17, 15) is 19.5 Å². The Hall–Kier alpha value is -2.02. The second kappa shape index (κ2) is 11.2. The van der Waals surface area contributed by atoms with Crippen LogP contribution < -0.4 is 0 Å². The van der Waals surface area contributed by atoms with E-state index in [-0.39, 0.29) is 37.9 Å². The molecule has 42 heavy (non-hydrogen) atoms. The fourth-order valence-electron chi connectivity index (χ4n) is 8.62. The van der Waals surface area contributed by atoms with Crippen LogP contribution in [-0.2, 0) is 42.8 Å². The summed E-state index contributed by atoms with van der Waals surface area (Å²) in [7, 11) is 1.57. The van der Waals surface area contributed by atoms with Crippen LogP contribution in [0.15, 0.2) is 23.8 Å². The maximum Gasteiger partial charge on any atom is 0.332 e. The summed E-state index contributed by atoms with van der Waals surface area (Å²) in [6, 6.07) is 0. The molecule has 0 aromatic rings. The number of esters is 1. The Balaban J connectivity index is 1.34. The highest BCUT2D eigenvalue weighted by Gasteiger charge is 2.80. The lowest BCUT2D eigenvalue weighted by Crippen LogP contribution is -2.70. The number of halogens is 1. The minimum atomic E-state index is -2.05. The van der Waals surface area contributed by atoms with Crippen molar-refractivity contribution in [2.45, 2.75) is 82.6 Å². The van der Waals surface area contributed by atoms with Crippen molar-refractivity contribution in [3.63, 3.8) is 0 Å². The predicted octanol–water partition coefficient (Wildman–Crippen LogP) is 2.65. The van der Waals surface area contributed by atoms with E-state index in [4.69, 9.17) is 28.4 Å². The van der Waals surface area contributed by atoms with Crippen LogP contribution in [-0.4, -0.2) is 98.7 Å². The van der Waals surface area contributed by atoms with E-state index in [0.29, 0.717) is 38.0 Å². The van der Waals surface area contributed by atoms with Gasteiger partial charge in [-0.25, -0.2) is 9.18 Å². The highest BCUT2D eigenvalue weighted by Crippen LogP contribution is 2.72. The number of aliphatic hydroxyl groups is 1. The molecule has 1 aliphatic heterocycles. The molecule has 10 nitrogen and oxygen atoms in total. The number of fused-ring (bicyclic) bond motifs is 7. The molecule has 0 unspecified atom stereocenters. The van der Waals surface area contributed by atoms with Crippen LogP contribution in [0, 0.1) is 22.7 Å². The molecule has 5 rings (SSSR count). The predicted molar refractivity (Wildman–Crippen MR) is 146 cm³/mol. The minimum Gasteiger partial charge on any atom is -0.456 e. The molecule has 4 aliphatic carbocycles. The lowest BCUT2D eigenvalue weighted by molar-refractivity contribution is -0.246.